The number of ketones is 1. The number of ether oxygens (including phenoxy) is 1. The molecule has 212 valence electrons. The number of rotatable bonds is 8. The molecule has 1 aliphatic carbocycles. The van der Waals surface area contributed by atoms with Crippen LogP contribution in [-0.4, -0.2) is 50.8 Å². The Bertz CT molecular complexity index is 1450. The highest BCUT2D eigenvalue weighted by Gasteiger charge is 2.45. The van der Waals surface area contributed by atoms with Crippen molar-refractivity contribution < 1.29 is 32.6 Å². The zero-order chi connectivity index (χ0) is 28.4. The number of aliphatic carboxylic acids is 1. The predicted octanol–water partition coefficient (Wildman–Crippen LogP) is 4.94. The Morgan fingerprint density at radius 2 is 1.77 bits per heavy atom. The summed E-state index contributed by atoms with van der Waals surface area (Å²) in [6, 6.07) is 9.82. The van der Waals surface area contributed by atoms with Gasteiger partial charge in [-0.2, -0.15) is 13.2 Å². The summed E-state index contributed by atoms with van der Waals surface area (Å²) in [5.74, 6) is -2.34. The number of Topliss-reactive ketones (excluding diaryl/α,β-unsaturated/α-hetero) is 1. The van der Waals surface area contributed by atoms with Crippen LogP contribution in [0, 0.1) is 23.7 Å². The Labute approximate surface area is 231 Å². The molecular formula is C28H28F3N3O5S. The molecule has 3 atom stereocenters. The van der Waals surface area contributed by atoms with Crippen LogP contribution in [-0.2, 0) is 22.3 Å². The number of carboxylic acid groups (broad SMARTS) is 1. The van der Waals surface area contributed by atoms with E-state index in [2.05, 4.69) is 10.3 Å². The van der Waals surface area contributed by atoms with E-state index in [1.807, 2.05) is 12.1 Å². The molecule has 1 aromatic heterocycles. The van der Waals surface area contributed by atoms with E-state index in [4.69, 9.17) is 4.74 Å². The Morgan fingerprint density at radius 1 is 1.05 bits per heavy atom. The summed E-state index contributed by atoms with van der Waals surface area (Å²) in [7, 11) is 0. The summed E-state index contributed by atoms with van der Waals surface area (Å²) < 4.78 is 45.8. The molecule has 1 aliphatic heterocycles. The van der Waals surface area contributed by atoms with E-state index in [-0.39, 0.29) is 23.2 Å². The summed E-state index contributed by atoms with van der Waals surface area (Å²) in [6.45, 7) is 1.40. The molecule has 40 heavy (non-hydrogen) atoms. The van der Waals surface area contributed by atoms with E-state index in [0.717, 1.165) is 59.6 Å². The van der Waals surface area contributed by atoms with Gasteiger partial charge < -0.3 is 9.84 Å². The first-order valence-electron chi connectivity index (χ1n) is 13.1. The fourth-order valence-electron chi connectivity index (χ4n) is 5.60. The van der Waals surface area contributed by atoms with Gasteiger partial charge in [-0.3, -0.25) is 14.4 Å². The lowest BCUT2D eigenvalue weighted by atomic mass is 9.84. The zero-order valence-electron chi connectivity index (χ0n) is 21.5. The van der Waals surface area contributed by atoms with Gasteiger partial charge in [-0.25, -0.2) is 4.68 Å². The molecule has 2 heterocycles. The summed E-state index contributed by atoms with van der Waals surface area (Å²) in [5, 5.41) is 17.5. The summed E-state index contributed by atoms with van der Waals surface area (Å²) in [6.07, 6.45) is -1.90. The van der Waals surface area contributed by atoms with Gasteiger partial charge in [0.1, 0.15) is 5.52 Å². The number of alkyl halides is 3. The van der Waals surface area contributed by atoms with Gasteiger partial charge in [0.15, 0.2) is 5.78 Å². The smallest absolute Gasteiger partial charge is 0.416 e. The average molecular weight is 576 g/mol. The monoisotopic (exact) mass is 575 g/mol. The Hall–Kier alpha value is -3.25. The fourth-order valence-corrected chi connectivity index (χ4v) is 6.69. The molecule has 1 N–H and O–H groups in total. The van der Waals surface area contributed by atoms with Gasteiger partial charge in [0, 0.05) is 35.3 Å². The molecule has 3 aromatic rings. The third-order valence-corrected chi connectivity index (χ3v) is 9.08. The second kappa shape index (κ2) is 11.7. The van der Waals surface area contributed by atoms with E-state index in [9.17, 15) is 32.7 Å². The molecule has 5 rings (SSSR count). The molecule has 12 heteroatoms. The molecule has 1 saturated heterocycles. The minimum Gasteiger partial charge on any atom is -0.481 e. The van der Waals surface area contributed by atoms with Crippen LogP contribution in [0.5, 0.6) is 0 Å². The van der Waals surface area contributed by atoms with Crippen LogP contribution < -0.4 is 5.56 Å². The number of benzene rings is 2. The number of thioether (sulfide) groups is 1. The third kappa shape index (κ3) is 6.07. The number of carbonyl (C=O) groups is 2. The molecule has 0 amide bonds. The number of hydrogen-bond donors (Lipinski definition) is 1. The van der Waals surface area contributed by atoms with Crippen LogP contribution in [0.3, 0.4) is 0 Å². The number of fused-ring (bicyclic) bond motifs is 1. The molecule has 2 aliphatic rings. The summed E-state index contributed by atoms with van der Waals surface area (Å²) >= 11 is 1.72. The van der Waals surface area contributed by atoms with E-state index in [0.29, 0.717) is 24.3 Å². The van der Waals surface area contributed by atoms with Gasteiger partial charge in [-0.15, -0.1) is 16.9 Å². The Kier molecular flexibility index (Phi) is 8.27. The van der Waals surface area contributed by atoms with Gasteiger partial charge in [-0.1, -0.05) is 17.3 Å². The molecule has 3 unspecified atom stereocenters. The highest BCUT2D eigenvalue weighted by Crippen LogP contribution is 2.40. The van der Waals surface area contributed by atoms with Crippen molar-refractivity contribution in [2.45, 2.75) is 43.3 Å². The van der Waals surface area contributed by atoms with Crippen LogP contribution in [0.15, 0.2) is 52.2 Å². The molecule has 2 fully saturated rings. The quantitative estimate of drug-likeness (QED) is 0.297. The number of nitrogens with zero attached hydrogens (tertiary/aromatic N) is 3. The SMILES string of the molecule is O=C(c1ccc(SCC2CCOCC2)cc1)C1CCC(Cn2nnc3ccc(C(F)(F)F)cc3c2=O)C1C(=O)O. The van der Waals surface area contributed by atoms with Gasteiger partial charge in [0.25, 0.3) is 5.56 Å². The minimum absolute atomic E-state index is 0.0119. The lowest BCUT2D eigenvalue weighted by Crippen LogP contribution is -2.34. The first-order chi connectivity index (χ1) is 19.1. The van der Waals surface area contributed by atoms with E-state index in [1.54, 1.807) is 23.9 Å². The number of carboxylic acids is 1. The normalized spacial score (nSPS) is 22.0. The minimum atomic E-state index is -4.64. The Morgan fingerprint density at radius 3 is 2.45 bits per heavy atom. The molecule has 0 radical (unpaired) electrons. The molecular weight excluding hydrogens is 547 g/mol. The second-order valence-electron chi connectivity index (χ2n) is 10.4. The first-order valence-corrected chi connectivity index (χ1v) is 14.1. The lowest BCUT2D eigenvalue weighted by molar-refractivity contribution is -0.144. The molecule has 0 bridgehead atoms. The number of halogens is 3. The first kappa shape index (κ1) is 28.3. The van der Waals surface area contributed by atoms with Crippen LogP contribution in [0.1, 0.15) is 41.6 Å². The van der Waals surface area contributed by atoms with Crippen molar-refractivity contribution in [1.29, 1.82) is 0 Å². The van der Waals surface area contributed by atoms with Crippen LogP contribution in [0.4, 0.5) is 13.2 Å². The summed E-state index contributed by atoms with van der Waals surface area (Å²) in [4.78, 5) is 39.6. The van der Waals surface area contributed by atoms with E-state index in [1.165, 1.54) is 0 Å². The van der Waals surface area contributed by atoms with Crippen molar-refractivity contribution in [2.75, 3.05) is 19.0 Å². The van der Waals surface area contributed by atoms with Crippen molar-refractivity contribution in [1.82, 2.24) is 15.0 Å². The number of aromatic nitrogens is 3. The van der Waals surface area contributed by atoms with Gasteiger partial charge in [-0.05, 0) is 67.9 Å². The molecule has 2 aromatic carbocycles. The highest BCUT2D eigenvalue weighted by atomic mass is 32.2. The van der Waals surface area contributed by atoms with E-state index >= 15 is 0 Å². The molecule has 0 spiro atoms. The predicted molar refractivity (Wildman–Crippen MR) is 141 cm³/mol. The molecule has 1 saturated carbocycles. The highest BCUT2D eigenvalue weighted by molar-refractivity contribution is 7.99. The second-order valence-corrected chi connectivity index (χ2v) is 11.5. The van der Waals surface area contributed by atoms with Crippen molar-refractivity contribution >= 4 is 34.4 Å². The average Bonchev–Trinajstić information content (AvgIpc) is 3.37. The van der Waals surface area contributed by atoms with Crippen molar-refractivity contribution in [2.24, 2.45) is 23.7 Å². The maximum atomic E-state index is 13.4. The van der Waals surface area contributed by atoms with E-state index < -0.39 is 41.0 Å². The topological polar surface area (TPSA) is 111 Å². The maximum Gasteiger partial charge on any atom is 0.416 e. The zero-order valence-corrected chi connectivity index (χ0v) is 22.3. The lowest BCUT2D eigenvalue weighted by Gasteiger charge is -2.21. The van der Waals surface area contributed by atoms with Gasteiger partial charge in [0.05, 0.1) is 23.4 Å². The van der Waals surface area contributed by atoms with Gasteiger partial charge in [0.2, 0.25) is 0 Å². The summed E-state index contributed by atoms with van der Waals surface area (Å²) in [5.41, 5.74) is -1.34. The molecule has 8 nitrogen and oxygen atoms in total. The van der Waals surface area contributed by atoms with Crippen molar-refractivity contribution in [3.05, 3.63) is 63.9 Å². The van der Waals surface area contributed by atoms with Crippen LogP contribution in [0.25, 0.3) is 10.9 Å². The fraction of sp³-hybridized carbons (Fsp3) is 0.464. The van der Waals surface area contributed by atoms with Crippen LogP contribution >= 0.6 is 11.8 Å². The Balaban J connectivity index is 1.29. The van der Waals surface area contributed by atoms with Gasteiger partial charge >= 0.3 is 12.1 Å². The largest absolute Gasteiger partial charge is 0.481 e. The van der Waals surface area contributed by atoms with Crippen LogP contribution in [0.2, 0.25) is 0 Å². The number of hydrogen-bond acceptors (Lipinski definition) is 7. The number of carbonyl (C=O) groups excluding carboxylic acids is 1. The van der Waals surface area contributed by atoms with Crippen molar-refractivity contribution in [3.63, 3.8) is 0 Å². The maximum absolute atomic E-state index is 13.4. The third-order valence-electron chi connectivity index (χ3n) is 7.83. The van der Waals surface area contributed by atoms with Crippen molar-refractivity contribution in [3.8, 4) is 0 Å². The standard InChI is InChI=1S/C28H28F3N3O5S/c29-28(30,31)19-4-8-23-22(13-19)26(36)34(33-32-23)14-18-3-7-21(24(18)27(37)38)25(35)17-1-5-20(6-2-17)40-15-16-9-11-39-12-10-16/h1-2,4-6,8,13,16,18,21,24H,3,7,9-12,14-15H2,(H,37,38).